The molecule has 1 atom stereocenters. The summed E-state index contributed by atoms with van der Waals surface area (Å²) >= 11 is 0. The molecule has 186 valence electrons. The van der Waals surface area contributed by atoms with Crippen molar-refractivity contribution in [3.63, 3.8) is 0 Å². The van der Waals surface area contributed by atoms with Crippen molar-refractivity contribution in [1.82, 2.24) is 0 Å². The van der Waals surface area contributed by atoms with Gasteiger partial charge >= 0.3 is 0 Å². The Hall–Kier alpha value is -3.71. The van der Waals surface area contributed by atoms with Crippen molar-refractivity contribution < 1.29 is 14.3 Å². The van der Waals surface area contributed by atoms with Crippen LogP contribution in [0.2, 0.25) is 0 Å². The maximum Gasteiger partial charge on any atom is 0.158 e. The van der Waals surface area contributed by atoms with E-state index >= 15 is 0 Å². The van der Waals surface area contributed by atoms with Crippen LogP contribution in [0.15, 0.2) is 78.0 Å². The van der Waals surface area contributed by atoms with Crippen molar-refractivity contribution in [2.45, 2.75) is 58.0 Å². The van der Waals surface area contributed by atoms with Gasteiger partial charge in [0, 0.05) is 17.5 Å². The van der Waals surface area contributed by atoms with Crippen LogP contribution in [0.5, 0.6) is 11.5 Å². The molecule has 0 bridgehead atoms. The first-order valence-corrected chi connectivity index (χ1v) is 13.0. The van der Waals surface area contributed by atoms with Gasteiger partial charge in [0.1, 0.15) is 11.5 Å². The van der Waals surface area contributed by atoms with Gasteiger partial charge in [-0.2, -0.15) is 0 Å². The molecule has 3 aromatic carbocycles. The van der Waals surface area contributed by atoms with Gasteiger partial charge < -0.3 is 14.3 Å². The summed E-state index contributed by atoms with van der Waals surface area (Å²) in [5.74, 6) is 8.23. The summed E-state index contributed by atoms with van der Waals surface area (Å²) in [7, 11) is 1.67. The van der Waals surface area contributed by atoms with Crippen LogP contribution in [0, 0.1) is 11.8 Å². The van der Waals surface area contributed by atoms with E-state index in [1.54, 1.807) is 7.11 Å². The molecule has 0 N–H and O–H groups in total. The summed E-state index contributed by atoms with van der Waals surface area (Å²) in [6.45, 7) is 3.02. The molecule has 0 saturated heterocycles. The summed E-state index contributed by atoms with van der Waals surface area (Å²) in [5.41, 5.74) is 5.04. The van der Waals surface area contributed by atoms with Crippen molar-refractivity contribution in [2.24, 2.45) is 5.16 Å². The molecule has 36 heavy (non-hydrogen) atoms. The maximum atomic E-state index is 5.86. The Kier molecular flexibility index (Phi) is 9.45. The monoisotopic (exact) mass is 481 g/mol. The molecule has 4 nitrogen and oxygen atoms in total. The number of nitrogens with zero attached hydrogens (tertiary/aromatic N) is 1. The second-order valence-electron chi connectivity index (χ2n) is 9.08. The zero-order valence-electron chi connectivity index (χ0n) is 21.3. The van der Waals surface area contributed by atoms with E-state index in [2.05, 4.69) is 36.1 Å². The van der Waals surface area contributed by atoms with Crippen molar-refractivity contribution in [2.75, 3.05) is 13.7 Å². The summed E-state index contributed by atoms with van der Waals surface area (Å²) in [6, 6.07) is 24.1. The Morgan fingerprint density at radius 2 is 1.39 bits per heavy atom. The molecule has 4 heteroatoms. The Balaban J connectivity index is 1.24. The van der Waals surface area contributed by atoms with E-state index in [0.29, 0.717) is 0 Å². The Labute approximate surface area is 215 Å². The summed E-state index contributed by atoms with van der Waals surface area (Å²) < 4.78 is 11.1. The van der Waals surface area contributed by atoms with Gasteiger partial charge in [-0.1, -0.05) is 80.3 Å². The third kappa shape index (κ3) is 7.39. The number of rotatable bonds is 11. The predicted octanol–water partition coefficient (Wildman–Crippen LogP) is 7.70. The Morgan fingerprint density at radius 1 is 0.778 bits per heavy atom. The van der Waals surface area contributed by atoms with Crippen molar-refractivity contribution in [1.29, 1.82) is 0 Å². The minimum atomic E-state index is -0.0666. The highest BCUT2D eigenvalue weighted by Crippen LogP contribution is 2.30. The van der Waals surface area contributed by atoms with Crippen LogP contribution < -0.4 is 9.47 Å². The number of hydrogen-bond acceptors (Lipinski definition) is 4. The fraction of sp³-hybridized carbons (Fsp3) is 0.344. The number of ether oxygens (including phenoxy) is 2. The Morgan fingerprint density at radius 3 is 2.06 bits per heavy atom. The number of unbranched alkanes of at least 4 members (excludes halogenated alkanes) is 5. The minimum absolute atomic E-state index is 0.0666. The van der Waals surface area contributed by atoms with Crippen LogP contribution in [-0.2, 0) is 4.84 Å². The molecule has 4 rings (SSSR count). The van der Waals surface area contributed by atoms with Gasteiger partial charge in [-0.05, 0) is 66.1 Å². The molecule has 0 aliphatic carbocycles. The third-order valence-electron chi connectivity index (χ3n) is 6.35. The van der Waals surface area contributed by atoms with Crippen LogP contribution in [0.4, 0.5) is 0 Å². The molecule has 0 aromatic heterocycles. The first-order chi connectivity index (χ1) is 17.7. The molecule has 1 unspecified atom stereocenters. The quantitative estimate of drug-likeness (QED) is 0.208. The number of oxime groups is 1. The average molecular weight is 482 g/mol. The highest BCUT2D eigenvalue weighted by atomic mass is 16.6. The molecule has 3 aromatic rings. The first-order valence-electron chi connectivity index (χ1n) is 13.0. The van der Waals surface area contributed by atoms with Gasteiger partial charge in [-0.3, -0.25) is 0 Å². The SMILES string of the molecule is CCCCCCCCOc1ccc(C#Cc2ccc(C3=NOC(c4ccc(OC)cc4)C3)cc2)cc1. The molecular weight excluding hydrogens is 446 g/mol. The second kappa shape index (κ2) is 13.4. The van der Waals surface area contributed by atoms with Crippen LogP contribution in [0.1, 0.15) is 80.2 Å². The van der Waals surface area contributed by atoms with Gasteiger partial charge in [0.15, 0.2) is 6.10 Å². The van der Waals surface area contributed by atoms with Gasteiger partial charge in [-0.15, -0.1) is 0 Å². The molecule has 1 heterocycles. The van der Waals surface area contributed by atoms with Gasteiger partial charge in [-0.25, -0.2) is 0 Å². The fourth-order valence-electron chi connectivity index (χ4n) is 4.14. The van der Waals surface area contributed by atoms with E-state index in [1.165, 1.54) is 32.1 Å². The summed E-state index contributed by atoms with van der Waals surface area (Å²) in [4.78, 5) is 5.68. The molecule has 0 radical (unpaired) electrons. The average Bonchev–Trinajstić information content (AvgIpc) is 3.43. The Bertz CT molecular complexity index is 1170. The standard InChI is InChI=1S/C32H35NO3/c1-3-4-5-6-7-8-23-35-30-19-13-26(14-20-30)10-9-25-11-15-27(16-12-25)31-24-32(36-33-31)28-17-21-29(34-2)22-18-28/h11-22,32H,3-8,23-24H2,1-2H3. The molecule has 0 saturated carbocycles. The van der Waals surface area contributed by atoms with Gasteiger partial charge in [0.05, 0.1) is 19.4 Å². The molecule has 0 spiro atoms. The molecular formula is C32H35NO3. The maximum absolute atomic E-state index is 5.86. The van der Waals surface area contributed by atoms with Gasteiger partial charge in [0.25, 0.3) is 0 Å². The van der Waals surface area contributed by atoms with Gasteiger partial charge in [0.2, 0.25) is 0 Å². The predicted molar refractivity (Wildman–Crippen MR) is 146 cm³/mol. The molecule has 0 fully saturated rings. The number of benzene rings is 3. The smallest absolute Gasteiger partial charge is 0.158 e. The van der Waals surface area contributed by atoms with E-state index in [1.807, 2.05) is 60.7 Å². The number of methoxy groups -OCH3 is 1. The lowest BCUT2D eigenvalue weighted by atomic mass is 9.99. The van der Waals surface area contributed by atoms with Crippen LogP contribution in [-0.4, -0.2) is 19.4 Å². The molecule has 0 amide bonds. The zero-order valence-corrected chi connectivity index (χ0v) is 21.3. The zero-order chi connectivity index (χ0) is 25.0. The van der Waals surface area contributed by atoms with Crippen LogP contribution in [0.25, 0.3) is 0 Å². The number of hydrogen-bond donors (Lipinski definition) is 0. The van der Waals surface area contributed by atoms with Crippen molar-refractivity contribution in [3.8, 4) is 23.3 Å². The van der Waals surface area contributed by atoms with Crippen LogP contribution in [0.3, 0.4) is 0 Å². The summed E-state index contributed by atoms with van der Waals surface area (Å²) in [5, 5.41) is 4.32. The van der Waals surface area contributed by atoms with E-state index in [9.17, 15) is 0 Å². The van der Waals surface area contributed by atoms with E-state index < -0.39 is 0 Å². The van der Waals surface area contributed by atoms with E-state index in [4.69, 9.17) is 14.3 Å². The fourth-order valence-corrected chi connectivity index (χ4v) is 4.14. The summed E-state index contributed by atoms with van der Waals surface area (Å²) in [6.07, 6.45) is 8.29. The first kappa shape index (κ1) is 25.4. The van der Waals surface area contributed by atoms with E-state index in [0.717, 1.165) is 58.9 Å². The normalized spacial score (nSPS) is 14.4. The molecule has 1 aliphatic heterocycles. The highest BCUT2D eigenvalue weighted by molar-refractivity contribution is 6.01. The minimum Gasteiger partial charge on any atom is -0.497 e. The highest BCUT2D eigenvalue weighted by Gasteiger charge is 2.23. The van der Waals surface area contributed by atoms with Crippen molar-refractivity contribution in [3.05, 3.63) is 95.1 Å². The second-order valence-corrected chi connectivity index (χ2v) is 9.08. The lowest BCUT2D eigenvalue weighted by Crippen LogP contribution is -2.01. The van der Waals surface area contributed by atoms with Crippen LogP contribution >= 0.6 is 0 Å². The largest absolute Gasteiger partial charge is 0.497 e. The molecule has 1 aliphatic rings. The third-order valence-corrected chi connectivity index (χ3v) is 6.35. The topological polar surface area (TPSA) is 40.0 Å². The van der Waals surface area contributed by atoms with Crippen molar-refractivity contribution >= 4 is 5.71 Å². The van der Waals surface area contributed by atoms with E-state index in [-0.39, 0.29) is 6.10 Å². The lowest BCUT2D eigenvalue weighted by molar-refractivity contribution is 0.0857. The lowest BCUT2D eigenvalue weighted by Gasteiger charge is -2.09.